The fraction of sp³-hybridized carbons (Fsp3) is 0.458. The molecule has 31 heavy (non-hydrogen) atoms. The Morgan fingerprint density at radius 2 is 1.65 bits per heavy atom. The number of hydrogen-bond donors (Lipinski definition) is 0. The lowest BCUT2D eigenvalue weighted by atomic mass is 9.92. The van der Waals surface area contributed by atoms with Gasteiger partial charge in [0, 0.05) is 26.2 Å². The number of sulfonamides is 1. The lowest BCUT2D eigenvalue weighted by molar-refractivity contribution is -0.140. The van der Waals surface area contributed by atoms with Gasteiger partial charge in [-0.15, -0.1) is 0 Å². The van der Waals surface area contributed by atoms with E-state index in [0.29, 0.717) is 19.5 Å². The van der Waals surface area contributed by atoms with E-state index in [1.807, 2.05) is 13.0 Å². The van der Waals surface area contributed by atoms with Crippen molar-refractivity contribution in [3.63, 3.8) is 0 Å². The predicted molar refractivity (Wildman–Crippen MR) is 120 cm³/mol. The zero-order chi connectivity index (χ0) is 21.8. The number of ether oxygens (including phenoxy) is 1. The molecule has 0 spiro atoms. The van der Waals surface area contributed by atoms with E-state index in [4.69, 9.17) is 4.74 Å². The summed E-state index contributed by atoms with van der Waals surface area (Å²) >= 11 is 0. The third kappa shape index (κ3) is 4.77. The minimum absolute atomic E-state index is 0.0722. The summed E-state index contributed by atoms with van der Waals surface area (Å²) in [6.45, 7) is 3.26. The number of hydrogen-bond acceptors (Lipinski definition) is 4. The molecule has 6 nitrogen and oxygen atoms in total. The number of aryl methyl sites for hydroxylation is 2. The van der Waals surface area contributed by atoms with E-state index in [1.165, 1.54) is 28.3 Å². The SMILES string of the molecule is CCC(Oc1ccc2c(c1)CCCC2)C(=O)N1CCN(S(=O)(=O)c2ccccc2)CC1. The third-order valence-electron chi connectivity index (χ3n) is 6.18. The Kier molecular flexibility index (Phi) is 6.62. The van der Waals surface area contributed by atoms with Gasteiger partial charge in [-0.05, 0) is 67.5 Å². The number of fused-ring (bicyclic) bond motifs is 1. The normalized spacial score (nSPS) is 18.3. The predicted octanol–water partition coefficient (Wildman–Crippen LogP) is 3.26. The van der Waals surface area contributed by atoms with Crippen LogP contribution in [0.2, 0.25) is 0 Å². The van der Waals surface area contributed by atoms with Gasteiger partial charge in [0.1, 0.15) is 5.75 Å². The van der Waals surface area contributed by atoms with Gasteiger partial charge >= 0.3 is 0 Å². The van der Waals surface area contributed by atoms with E-state index in [-0.39, 0.29) is 23.9 Å². The average molecular weight is 443 g/mol. The van der Waals surface area contributed by atoms with Gasteiger partial charge in [-0.2, -0.15) is 4.31 Å². The highest BCUT2D eigenvalue weighted by Crippen LogP contribution is 2.26. The average Bonchev–Trinajstić information content (AvgIpc) is 2.82. The van der Waals surface area contributed by atoms with Gasteiger partial charge in [0.05, 0.1) is 4.90 Å². The molecule has 166 valence electrons. The van der Waals surface area contributed by atoms with E-state index in [2.05, 4.69) is 12.1 Å². The second kappa shape index (κ2) is 9.40. The Labute approximate surface area is 184 Å². The first-order chi connectivity index (χ1) is 15.0. The summed E-state index contributed by atoms with van der Waals surface area (Å²) in [5.74, 6) is 0.670. The molecule has 2 aromatic rings. The second-order valence-electron chi connectivity index (χ2n) is 8.19. The van der Waals surface area contributed by atoms with Crippen molar-refractivity contribution in [2.45, 2.75) is 50.0 Å². The zero-order valence-corrected chi connectivity index (χ0v) is 18.8. The van der Waals surface area contributed by atoms with Crippen molar-refractivity contribution in [1.82, 2.24) is 9.21 Å². The molecule has 1 saturated heterocycles. The fourth-order valence-electron chi connectivity index (χ4n) is 4.35. The van der Waals surface area contributed by atoms with Gasteiger partial charge in [-0.25, -0.2) is 8.42 Å². The van der Waals surface area contributed by atoms with Crippen molar-refractivity contribution in [2.24, 2.45) is 0 Å². The summed E-state index contributed by atoms with van der Waals surface area (Å²) in [7, 11) is -3.53. The lowest BCUT2D eigenvalue weighted by Crippen LogP contribution is -2.53. The van der Waals surface area contributed by atoms with Gasteiger partial charge in [0.25, 0.3) is 5.91 Å². The molecule has 4 rings (SSSR count). The number of nitrogens with zero attached hydrogens (tertiary/aromatic N) is 2. The van der Waals surface area contributed by atoms with Crippen LogP contribution >= 0.6 is 0 Å². The van der Waals surface area contributed by atoms with Crippen LogP contribution in [0.3, 0.4) is 0 Å². The van der Waals surface area contributed by atoms with Crippen molar-refractivity contribution in [3.8, 4) is 5.75 Å². The molecular formula is C24H30N2O4S. The quantitative estimate of drug-likeness (QED) is 0.689. The van der Waals surface area contributed by atoms with Crippen molar-refractivity contribution in [3.05, 3.63) is 59.7 Å². The van der Waals surface area contributed by atoms with E-state index < -0.39 is 16.1 Å². The van der Waals surface area contributed by atoms with Crippen LogP contribution in [-0.2, 0) is 27.7 Å². The van der Waals surface area contributed by atoms with Crippen molar-refractivity contribution < 1.29 is 17.9 Å². The summed E-state index contributed by atoms with van der Waals surface area (Å²) in [6, 6.07) is 14.6. The van der Waals surface area contributed by atoms with Crippen LogP contribution in [0.25, 0.3) is 0 Å². The molecule has 1 aliphatic carbocycles. The molecule has 1 fully saturated rings. The van der Waals surface area contributed by atoms with Crippen LogP contribution in [0, 0.1) is 0 Å². The molecule has 2 aliphatic rings. The highest BCUT2D eigenvalue weighted by molar-refractivity contribution is 7.89. The highest BCUT2D eigenvalue weighted by atomic mass is 32.2. The van der Waals surface area contributed by atoms with E-state index in [9.17, 15) is 13.2 Å². The maximum Gasteiger partial charge on any atom is 0.263 e. The van der Waals surface area contributed by atoms with Crippen LogP contribution in [-0.4, -0.2) is 55.8 Å². The molecule has 0 saturated carbocycles. The Balaban J connectivity index is 1.38. The summed E-state index contributed by atoms with van der Waals surface area (Å²) in [4.78, 5) is 15.1. The molecule has 0 aromatic heterocycles. The molecule has 0 bridgehead atoms. The Morgan fingerprint density at radius 1 is 0.968 bits per heavy atom. The fourth-order valence-corrected chi connectivity index (χ4v) is 5.79. The van der Waals surface area contributed by atoms with Crippen molar-refractivity contribution in [2.75, 3.05) is 26.2 Å². The Bertz CT molecular complexity index is 1020. The van der Waals surface area contributed by atoms with Gasteiger partial charge in [0.15, 0.2) is 6.10 Å². The van der Waals surface area contributed by atoms with Gasteiger partial charge < -0.3 is 9.64 Å². The topological polar surface area (TPSA) is 66.9 Å². The Hall–Kier alpha value is -2.38. The van der Waals surface area contributed by atoms with E-state index in [1.54, 1.807) is 35.2 Å². The lowest BCUT2D eigenvalue weighted by Gasteiger charge is -2.35. The summed E-state index contributed by atoms with van der Waals surface area (Å²) in [5, 5.41) is 0. The van der Waals surface area contributed by atoms with Crippen LogP contribution in [0.1, 0.15) is 37.3 Å². The standard InChI is InChI=1S/C24H30N2O4S/c1-2-23(30-21-13-12-19-8-6-7-9-20(19)18-21)24(27)25-14-16-26(17-15-25)31(28,29)22-10-4-3-5-11-22/h3-5,10-13,18,23H,2,6-9,14-17H2,1H3. The summed E-state index contributed by atoms with van der Waals surface area (Å²) < 4.78 is 33.2. The number of carbonyl (C=O) groups excluding carboxylic acids is 1. The third-order valence-corrected chi connectivity index (χ3v) is 8.09. The monoisotopic (exact) mass is 442 g/mol. The number of amides is 1. The molecular weight excluding hydrogens is 412 g/mol. The zero-order valence-electron chi connectivity index (χ0n) is 18.0. The molecule has 1 heterocycles. The van der Waals surface area contributed by atoms with Gasteiger partial charge in [-0.3, -0.25) is 4.79 Å². The number of benzene rings is 2. The molecule has 0 N–H and O–H groups in total. The molecule has 1 aliphatic heterocycles. The first kappa shape index (κ1) is 21.8. The van der Waals surface area contributed by atoms with Crippen LogP contribution in [0.5, 0.6) is 5.75 Å². The Morgan fingerprint density at radius 3 is 2.32 bits per heavy atom. The number of carbonyl (C=O) groups is 1. The summed E-state index contributed by atoms with van der Waals surface area (Å²) in [5.41, 5.74) is 2.71. The molecule has 1 amide bonds. The molecule has 0 radical (unpaired) electrons. The van der Waals surface area contributed by atoms with Crippen LogP contribution in [0.15, 0.2) is 53.4 Å². The minimum atomic E-state index is -3.53. The molecule has 7 heteroatoms. The maximum absolute atomic E-state index is 13.1. The smallest absolute Gasteiger partial charge is 0.263 e. The van der Waals surface area contributed by atoms with Gasteiger partial charge in [0.2, 0.25) is 10.0 Å². The number of piperazine rings is 1. The first-order valence-corrected chi connectivity index (χ1v) is 12.6. The number of rotatable bonds is 6. The molecule has 1 unspecified atom stereocenters. The van der Waals surface area contributed by atoms with Gasteiger partial charge in [-0.1, -0.05) is 31.2 Å². The van der Waals surface area contributed by atoms with Crippen molar-refractivity contribution >= 4 is 15.9 Å². The maximum atomic E-state index is 13.1. The highest BCUT2D eigenvalue weighted by Gasteiger charge is 2.32. The van der Waals surface area contributed by atoms with E-state index >= 15 is 0 Å². The van der Waals surface area contributed by atoms with E-state index in [0.717, 1.165) is 18.6 Å². The van der Waals surface area contributed by atoms with Crippen molar-refractivity contribution in [1.29, 1.82) is 0 Å². The molecule has 1 atom stereocenters. The summed E-state index contributed by atoms with van der Waals surface area (Å²) in [6.07, 6.45) is 4.62. The minimum Gasteiger partial charge on any atom is -0.481 e. The molecule has 2 aromatic carbocycles. The first-order valence-electron chi connectivity index (χ1n) is 11.1. The van der Waals surface area contributed by atoms with Crippen LogP contribution < -0.4 is 4.74 Å². The second-order valence-corrected chi connectivity index (χ2v) is 10.1. The largest absolute Gasteiger partial charge is 0.481 e. The van der Waals surface area contributed by atoms with Crippen LogP contribution in [0.4, 0.5) is 0 Å².